The second-order valence-corrected chi connectivity index (χ2v) is 15.3. The van der Waals surface area contributed by atoms with Gasteiger partial charge < -0.3 is 4.74 Å². The van der Waals surface area contributed by atoms with E-state index < -0.39 is 0 Å². The van der Waals surface area contributed by atoms with Gasteiger partial charge in [0.25, 0.3) is 0 Å². The van der Waals surface area contributed by atoms with Crippen molar-refractivity contribution in [1.29, 1.82) is 0 Å². The summed E-state index contributed by atoms with van der Waals surface area (Å²) in [6, 6.07) is 0. The summed E-state index contributed by atoms with van der Waals surface area (Å²) >= 11 is 0. The second kappa shape index (κ2) is 7.61. The lowest BCUT2D eigenvalue weighted by Crippen LogP contribution is -2.66. The molecule has 5 fully saturated rings. The number of fused-ring (bicyclic) bond motifs is 7. The smallest absolute Gasteiger partial charge is 0.302 e. The summed E-state index contributed by atoms with van der Waals surface area (Å²) in [5.74, 6) is 3.74. The molecule has 0 aliphatic heterocycles. The Morgan fingerprint density at radius 2 is 1.47 bits per heavy atom. The fourth-order valence-corrected chi connectivity index (χ4v) is 11.9. The van der Waals surface area contributed by atoms with E-state index in [4.69, 9.17) is 4.74 Å². The van der Waals surface area contributed by atoms with Crippen molar-refractivity contribution in [3.63, 3.8) is 0 Å². The van der Waals surface area contributed by atoms with E-state index in [1.165, 1.54) is 63.4 Å². The van der Waals surface area contributed by atoms with E-state index in [1.807, 2.05) is 0 Å². The van der Waals surface area contributed by atoms with E-state index in [1.54, 1.807) is 6.92 Å². The van der Waals surface area contributed by atoms with Gasteiger partial charge in [0.1, 0.15) is 6.10 Å². The number of allylic oxidation sites excluding steroid dienone is 1. The van der Waals surface area contributed by atoms with Gasteiger partial charge in [-0.15, -0.1) is 0 Å². The number of esters is 1. The topological polar surface area (TPSA) is 26.3 Å². The van der Waals surface area contributed by atoms with Crippen LogP contribution in [-0.4, -0.2) is 12.1 Å². The molecular weight excluding hydrogens is 416 g/mol. The molecule has 5 saturated carbocycles. The van der Waals surface area contributed by atoms with Gasteiger partial charge in [-0.1, -0.05) is 53.7 Å². The first kappa shape index (κ1) is 24.9. The number of ether oxygens (including phenoxy) is 1. The van der Waals surface area contributed by atoms with Crippen molar-refractivity contribution in [1.82, 2.24) is 0 Å². The van der Waals surface area contributed by atoms with Crippen molar-refractivity contribution in [2.75, 3.05) is 0 Å². The SMILES string of the molecule is C=C(C)[C@@H]1CC[C@]2(C)CC[C@]3(C)[C@H](CCC4[C@@]5(C)CC[C@@H](OC(C)=O)C(C)(C)C5CC[C@]43C)C12. The van der Waals surface area contributed by atoms with Crippen LogP contribution in [0.2, 0.25) is 0 Å². The van der Waals surface area contributed by atoms with E-state index in [9.17, 15) is 4.79 Å². The maximum Gasteiger partial charge on any atom is 0.302 e. The molecule has 5 aliphatic rings. The monoisotopic (exact) mass is 468 g/mol. The molecular formula is C32H52O2. The molecule has 0 N–H and O–H groups in total. The molecule has 0 spiro atoms. The molecule has 0 aromatic carbocycles. The summed E-state index contributed by atoms with van der Waals surface area (Å²) in [4.78, 5) is 11.9. The molecule has 0 aromatic rings. The third-order valence-electron chi connectivity index (χ3n) is 13.7. The number of carbonyl (C=O) groups excluding carboxylic acids is 1. The average molecular weight is 469 g/mol. The zero-order chi connectivity index (χ0) is 24.9. The van der Waals surface area contributed by atoms with E-state index in [0.717, 1.165) is 30.1 Å². The third-order valence-corrected chi connectivity index (χ3v) is 13.7. The minimum absolute atomic E-state index is 0.0550. The molecule has 34 heavy (non-hydrogen) atoms. The standard InChI is InChI=1S/C32H52O2/c1-20(2)22-12-15-29(6)18-19-31(8)23(27(22)29)10-11-25-30(7)16-14-26(34-21(3)33)28(4,5)24(30)13-17-32(25,31)9/h22-27H,1,10-19H2,2-9H3/t22-,23+,24?,25?,26+,27?,29+,30-,31+,32+/m0/s1. The molecule has 2 nitrogen and oxygen atoms in total. The van der Waals surface area contributed by atoms with Crippen LogP contribution >= 0.6 is 0 Å². The van der Waals surface area contributed by atoms with Gasteiger partial charge in [0.05, 0.1) is 0 Å². The molecule has 5 rings (SSSR count). The highest BCUT2D eigenvalue weighted by Crippen LogP contribution is 2.77. The molecule has 0 radical (unpaired) electrons. The molecule has 2 heteroatoms. The Hall–Kier alpha value is -0.790. The molecule has 3 unspecified atom stereocenters. The quantitative estimate of drug-likeness (QED) is 0.299. The first-order valence-corrected chi connectivity index (χ1v) is 14.5. The van der Waals surface area contributed by atoms with Crippen LogP contribution in [0.4, 0.5) is 0 Å². The molecule has 5 aliphatic carbocycles. The zero-order valence-corrected chi connectivity index (χ0v) is 23.6. The highest BCUT2D eigenvalue weighted by molar-refractivity contribution is 5.66. The predicted octanol–water partition coefficient (Wildman–Crippen LogP) is 8.60. The molecule has 0 bridgehead atoms. The summed E-state index contributed by atoms with van der Waals surface area (Å²) in [6.07, 6.45) is 13.4. The Labute approximate surface area is 210 Å². The maximum atomic E-state index is 11.9. The van der Waals surface area contributed by atoms with Gasteiger partial charge in [0, 0.05) is 12.3 Å². The molecule has 192 valence electrons. The fourth-order valence-electron chi connectivity index (χ4n) is 11.9. The van der Waals surface area contributed by atoms with E-state index in [0.29, 0.717) is 27.6 Å². The molecule has 0 heterocycles. The van der Waals surface area contributed by atoms with Crippen molar-refractivity contribution >= 4 is 5.97 Å². The van der Waals surface area contributed by atoms with Crippen LogP contribution in [0.25, 0.3) is 0 Å². The van der Waals surface area contributed by atoms with E-state index in [-0.39, 0.29) is 17.5 Å². The molecule has 0 aromatic heterocycles. The second-order valence-electron chi connectivity index (χ2n) is 15.3. The fraction of sp³-hybridized carbons (Fsp3) is 0.906. The van der Waals surface area contributed by atoms with Gasteiger partial charge in [-0.3, -0.25) is 4.79 Å². The lowest BCUT2D eigenvalue weighted by Gasteiger charge is -2.73. The Balaban J connectivity index is 1.50. The van der Waals surface area contributed by atoms with Gasteiger partial charge in [-0.2, -0.15) is 0 Å². The van der Waals surface area contributed by atoms with E-state index in [2.05, 4.69) is 55.0 Å². The normalized spacial score (nSPS) is 53.6. The van der Waals surface area contributed by atoms with Gasteiger partial charge in [-0.25, -0.2) is 0 Å². The Bertz CT molecular complexity index is 872. The predicted molar refractivity (Wildman–Crippen MR) is 140 cm³/mol. The van der Waals surface area contributed by atoms with Crippen LogP contribution < -0.4 is 0 Å². The van der Waals surface area contributed by atoms with Gasteiger partial charge >= 0.3 is 5.97 Å². The highest BCUT2D eigenvalue weighted by atomic mass is 16.5. The number of rotatable bonds is 2. The van der Waals surface area contributed by atoms with E-state index >= 15 is 0 Å². The van der Waals surface area contributed by atoms with Gasteiger partial charge in [0.2, 0.25) is 0 Å². The minimum Gasteiger partial charge on any atom is -0.462 e. The van der Waals surface area contributed by atoms with Crippen molar-refractivity contribution in [3.05, 3.63) is 12.2 Å². The molecule has 0 saturated heterocycles. The Kier molecular flexibility index (Phi) is 5.57. The zero-order valence-electron chi connectivity index (χ0n) is 23.6. The summed E-state index contributed by atoms with van der Waals surface area (Å²) in [7, 11) is 0. The summed E-state index contributed by atoms with van der Waals surface area (Å²) in [5.41, 5.74) is 3.23. The lowest BCUT2D eigenvalue weighted by atomic mass is 9.32. The van der Waals surface area contributed by atoms with Gasteiger partial charge in [0.15, 0.2) is 0 Å². The van der Waals surface area contributed by atoms with Crippen molar-refractivity contribution in [2.24, 2.45) is 56.7 Å². The summed E-state index contributed by atoms with van der Waals surface area (Å²) in [5, 5.41) is 0. The van der Waals surface area contributed by atoms with Gasteiger partial charge in [-0.05, 0) is 122 Å². The number of hydrogen-bond donors (Lipinski definition) is 0. The number of carbonyl (C=O) groups is 1. The largest absolute Gasteiger partial charge is 0.462 e. The third kappa shape index (κ3) is 3.08. The summed E-state index contributed by atoms with van der Waals surface area (Å²) in [6.45, 7) is 23.9. The molecule has 10 atom stereocenters. The van der Waals surface area contributed by atoms with Crippen LogP contribution in [0.1, 0.15) is 120 Å². The minimum atomic E-state index is -0.107. The van der Waals surface area contributed by atoms with Crippen molar-refractivity contribution < 1.29 is 9.53 Å². The van der Waals surface area contributed by atoms with Crippen LogP contribution in [0.3, 0.4) is 0 Å². The Morgan fingerprint density at radius 3 is 2.12 bits per heavy atom. The highest BCUT2D eigenvalue weighted by Gasteiger charge is 2.70. The lowest BCUT2D eigenvalue weighted by molar-refractivity contribution is -0.248. The van der Waals surface area contributed by atoms with Crippen LogP contribution in [0, 0.1) is 56.7 Å². The van der Waals surface area contributed by atoms with Crippen LogP contribution in [0.15, 0.2) is 12.2 Å². The summed E-state index contributed by atoms with van der Waals surface area (Å²) < 4.78 is 5.91. The van der Waals surface area contributed by atoms with Crippen LogP contribution in [0.5, 0.6) is 0 Å². The first-order valence-electron chi connectivity index (χ1n) is 14.5. The van der Waals surface area contributed by atoms with Crippen LogP contribution in [-0.2, 0) is 9.53 Å². The maximum absolute atomic E-state index is 11.9. The van der Waals surface area contributed by atoms with Crippen molar-refractivity contribution in [3.8, 4) is 0 Å². The average Bonchev–Trinajstić information content (AvgIpc) is 3.08. The first-order chi connectivity index (χ1) is 15.7. The Morgan fingerprint density at radius 1 is 0.765 bits per heavy atom. The number of hydrogen-bond acceptors (Lipinski definition) is 2. The van der Waals surface area contributed by atoms with Crippen molar-refractivity contribution in [2.45, 2.75) is 126 Å². The molecule has 0 amide bonds.